The SMILES string of the molecule is Cc1nnc(CNC(=NCc2ccccc2Cl)NCC2CCCO2)n1C.I. The van der Waals surface area contributed by atoms with Crippen molar-refractivity contribution in [3.8, 4) is 0 Å². The summed E-state index contributed by atoms with van der Waals surface area (Å²) in [5, 5.41) is 15.7. The Labute approximate surface area is 182 Å². The van der Waals surface area contributed by atoms with Crippen LogP contribution in [0.1, 0.15) is 30.1 Å². The highest BCUT2D eigenvalue weighted by Gasteiger charge is 2.16. The molecule has 1 aromatic heterocycles. The zero-order valence-corrected chi connectivity index (χ0v) is 18.7. The van der Waals surface area contributed by atoms with Gasteiger partial charge in [-0.1, -0.05) is 29.8 Å². The Morgan fingerprint density at radius 3 is 2.81 bits per heavy atom. The summed E-state index contributed by atoms with van der Waals surface area (Å²) < 4.78 is 7.63. The fourth-order valence-corrected chi connectivity index (χ4v) is 2.94. The molecule has 0 amide bonds. The summed E-state index contributed by atoms with van der Waals surface area (Å²) in [6, 6.07) is 7.74. The molecular weight excluding hydrogens is 479 g/mol. The van der Waals surface area contributed by atoms with Crippen LogP contribution in [0.2, 0.25) is 5.02 Å². The van der Waals surface area contributed by atoms with E-state index in [-0.39, 0.29) is 30.1 Å². The van der Waals surface area contributed by atoms with Crippen molar-refractivity contribution < 1.29 is 4.74 Å². The van der Waals surface area contributed by atoms with E-state index in [1.165, 1.54) is 0 Å². The van der Waals surface area contributed by atoms with Crippen molar-refractivity contribution in [3.63, 3.8) is 0 Å². The number of benzene rings is 1. The van der Waals surface area contributed by atoms with E-state index in [9.17, 15) is 0 Å². The van der Waals surface area contributed by atoms with Crippen molar-refractivity contribution in [2.24, 2.45) is 12.0 Å². The largest absolute Gasteiger partial charge is 0.376 e. The van der Waals surface area contributed by atoms with Crippen LogP contribution in [0.4, 0.5) is 0 Å². The molecular formula is C18H26ClIN6O. The van der Waals surface area contributed by atoms with Crippen molar-refractivity contribution in [1.82, 2.24) is 25.4 Å². The van der Waals surface area contributed by atoms with Crippen LogP contribution < -0.4 is 10.6 Å². The van der Waals surface area contributed by atoms with E-state index in [0.717, 1.165) is 48.2 Å². The summed E-state index contributed by atoms with van der Waals surface area (Å²) in [5.74, 6) is 2.44. The highest BCUT2D eigenvalue weighted by atomic mass is 127. The lowest BCUT2D eigenvalue weighted by molar-refractivity contribution is 0.113. The van der Waals surface area contributed by atoms with Gasteiger partial charge in [-0.15, -0.1) is 34.2 Å². The number of guanidine groups is 1. The number of hydrogen-bond acceptors (Lipinski definition) is 4. The summed E-state index contributed by atoms with van der Waals surface area (Å²) in [6.07, 6.45) is 2.43. The van der Waals surface area contributed by atoms with Crippen LogP contribution >= 0.6 is 35.6 Å². The van der Waals surface area contributed by atoms with Crippen molar-refractivity contribution >= 4 is 41.5 Å². The molecule has 0 aliphatic carbocycles. The summed E-state index contributed by atoms with van der Waals surface area (Å²) in [5.41, 5.74) is 0.988. The number of aromatic nitrogens is 3. The Morgan fingerprint density at radius 1 is 1.33 bits per heavy atom. The molecule has 2 heterocycles. The van der Waals surface area contributed by atoms with Gasteiger partial charge in [0.15, 0.2) is 11.8 Å². The van der Waals surface area contributed by atoms with Gasteiger partial charge in [0.1, 0.15) is 5.82 Å². The molecule has 1 fully saturated rings. The molecule has 9 heteroatoms. The van der Waals surface area contributed by atoms with Crippen molar-refractivity contribution in [2.45, 2.75) is 39.0 Å². The molecule has 1 aliphatic rings. The lowest BCUT2D eigenvalue weighted by Gasteiger charge is -2.15. The molecule has 148 valence electrons. The minimum absolute atomic E-state index is 0. The van der Waals surface area contributed by atoms with Crippen LogP contribution in [0.5, 0.6) is 0 Å². The maximum absolute atomic E-state index is 6.23. The molecule has 27 heavy (non-hydrogen) atoms. The van der Waals surface area contributed by atoms with Gasteiger partial charge in [-0.2, -0.15) is 0 Å². The van der Waals surface area contributed by atoms with E-state index in [2.05, 4.69) is 25.8 Å². The fourth-order valence-electron chi connectivity index (χ4n) is 2.75. The molecule has 0 spiro atoms. The maximum Gasteiger partial charge on any atom is 0.192 e. The Morgan fingerprint density at radius 2 is 2.15 bits per heavy atom. The summed E-state index contributed by atoms with van der Waals surface area (Å²) >= 11 is 6.23. The second-order valence-corrected chi connectivity index (χ2v) is 6.76. The third kappa shape index (κ3) is 6.32. The van der Waals surface area contributed by atoms with E-state index in [1.807, 2.05) is 42.8 Å². The number of nitrogens with zero attached hydrogens (tertiary/aromatic N) is 4. The number of rotatable bonds is 6. The molecule has 0 bridgehead atoms. The summed E-state index contributed by atoms with van der Waals surface area (Å²) in [6.45, 7) is 4.53. The zero-order valence-electron chi connectivity index (χ0n) is 15.6. The van der Waals surface area contributed by atoms with Gasteiger partial charge >= 0.3 is 0 Å². The molecule has 7 nitrogen and oxygen atoms in total. The maximum atomic E-state index is 6.23. The quantitative estimate of drug-likeness (QED) is 0.359. The number of hydrogen-bond donors (Lipinski definition) is 2. The van der Waals surface area contributed by atoms with Crippen LogP contribution in [0, 0.1) is 6.92 Å². The van der Waals surface area contributed by atoms with Gasteiger partial charge in [-0.25, -0.2) is 4.99 Å². The van der Waals surface area contributed by atoms with Crippen LogP contribution in [0.15, 0.2) is 29.3 Å². The topological polar surface area (TPSA) is 76.4 Å². The van der Waals surface area contributed by atoms with Crippen molar-refractivity contribution in [3.05, 3.63) is 46.5 Å². The molecule has 1 unspecified atom stereocenters. The van der Waals surface area contributed by atoms with Crippen LogP contribution in [-0.2, 0) is 24.9 Å². The standard InChI is InChI=1S/C18H25ClN6O.HI/c1-13-23-24-17(25(13)2)12-22-18(21-11-15-7-5-9-26-15)20-10-14-6-3-4-8-16(14)19;/h3-4,6,8,15H,5,7,9-12H2,1-2H3,(H2,20,21,22);1H. The van der Waals surface area contributed by atoms with Crippen LogP contribution in [-0.4, -0.2) is 40.0 Å². The van der Waals surface area contributed by atoms with Crippen LogP contribution in [0.25, 0.3) is 0 Å². The lowest BCUT2D eigenvalue weighted by atomic mass is 10.2. The number of aliphatic imine (C=N–C) groups is 1. The highest BCUT2D eigenvalue weighted by molar-refractivity contribution is 14.0. The second kappa shape index (κ2) is 10.8. The van der Waals surface area contributed by atoms with E-state index in [1.54, 1.807) is 0 Å². The van der Waals surface area contributed by atoms with Gasteiger partial charge < -0.3 is 19.9 Å². The van der Waals surface area contributed by atoms with Gasteiger partial charge in [0.25, 0.3) is 0 Å². The van der Waals surface area contributed by atoms with E-state index >= 15 is 0 Å². The number of ether oxygens (including phenoxy) is 1. The molecule has 1 atom stereocenters. The van der Waals surface area contributed by atoms with Crippen molar-refractivity contribution in [1.29, 1.82) is 0 Å². The Bertz CT molecular complexity index is 760. The van der Waals surface area contributed by atoms with E-state index in [4.69, 9.17) is 16.3 Å². The first-order valence-corrected chi connectivity index (χ1v) is 9.23. The van der Waals surface area contributed by atoms with Crippen molar-refractivity contribution in [2.75, 3.05) is 13.2 Å². The molecule has 0 saturated carbocycles. The number of aryl methyl sites for hydroxylation is 1. The third-order valence-corrected chi connectivity index (χ3v) is 4.85. The van der Waals surface area contributed by atoms with E-state index in [0.29, 0.717) is 19.0 Å². The van der Waals surface area contributed by atoms with Gasteiger partial charge in [-0.3, -0.25) is 0 Å². The van der Waals surface area contributed by atoms with Crippen LogP contribution in [0.3, 0.4) is 0 Å². The van der Waals surface area contributed by atoms with Gasteiger partial charge in [-0.05, 0) is 31.4 Å². The first kappa shape index (κ1) is 21.9. The monoisotopic (exact) mass is 504 g/mol. The molecule has 2 aromatic rings. The highest BCUT2D eigenvalue weighted by Crippen LogP contribution is 2.15. The Kier molecular flexibility index (Phi) is 8.78. The zero-order chi connectivity index (χ0) is 18.4. The fraction of sp³-hybridized carbons (Fsp3) is 0.500. The molecule has 3 rings (SSSR count). The average Bonchev–Trinajstić information content (AvgIpc) is 3.27. The minimum atomic E-state index is 0. The van der Waals surface area contributed by atoms with E-state index < -0.39 is 0 Å². The molecule has 1 saturated heterocycles. The Balaban J connectivity index is 0.00000261. The number of halogens is 2. The molecule has 2 N–H and O–H groups in total. The lowest BCUT2D eigenvalue weighted by Crippen LogP contribution is -2.41. The predicted molar refractivity (Wildman–Crippen MR) is 118 cm³/mol. The molecule has 1 aromatic carbocycles. The summed E-state index contributed by atoms with van der Waals surface area (Å²) in [4.78, 5) is 4.66. The second-order valence-electron chi connectivity index (χ2n) is 6.35. The first-order chi connectivity index (χ1) is 12.6. The normalized spacial score (nSPS) is 16.9. The molecule has 1 aliphatic heterocycles. The minimum Gasteiger partial charge on any atom is -0.376 e. The average molecular weight is 505 g/mol. The molecule has 0 radical (unpaired) electrons. The smallest absolute Gasteiger partial charge is 0.192 e. The third-order valence-electron chi connectivity index (χ3n) is 4.48. The van der Waals surface area contributed by atoms with Gasteiger partial charge in [0, 0.05) is 25.2 Å². The van der Waals surface area contributed by atoms with Gasteiger partial charge in [0.05, 0.1) is 19.2 Å². The first-order valence-electron chi connectivity index (χ1n) is 8.85. The predicted octanol–water partition coefficient (Wildman–Crippen LogP) is 2.81. The van der Waals surface area contributed by atoms with Gasteiger partial charge in [0.2, 0.25) is 0 Å². The Hall–Kier alpha value is -1.39. The number of nitrogens with one attached hydrogen (secondary N) is 2. The summed E-state index contributed by atoms with van der Waals surface area (Å²) in [7, 11) is 1.95.